The molecule has 0 saturated carbocycles. The second-order valence-corrected chi connectivity index (χ2v) is 7.48. The third kappa shape index (κ3) is 2.76. The predicted molar refractivity (Wildman–Crippen MR) is 90.8 cm³/mol. The molecule has 0 aliphatic carbocycles. The summed E-state index contributed by atoms with van der Waals surface area (Å²) < 4.78 is 12.3. The Bertz CT molecular complexity index is 538. The number of hydrogen-bond donors (Lipinski definition) is 0. The minimum absolute atomic E-state index is 0.310. The van der Waals surface area contributed by atoms with Gasteiger partial charge in [-0.25, -0.2) is 4.98 Å². The van der Waals surface area contributed by atoms with Gasteiger partial charge in [-0.05, 0) is 59.9 Å². The summed E-state index contributed by atoms with van der Waals surface area (Å²) in [5.74, 6) is 1.08. The van der Waals surface area contributed by atoms with Crippen LogP contribution in [0.3, 0.4) is 0 Å². The number of hydrogen-bond acceptors (Lipinski definition) is 4. The summed E-state index contributed by atoms with van der Waals surface area (Å²) in [4.78, 5) is 7.18. The number of piperidine rings is 1. The molecule has 120 valence electrons. The molecule has 3 rings (SSSR count). The van der Waals surface area contributed by atoms with Crippen LogP contribution in [0.2, 0.25) is 0 Å². The first-order valence-electron chi connectivity index (χ1n) is 8.38. The van der Waals surface area contributed by atoms with Gasteiger partial charge in [0.2, 0.25) is 0 Å². The summed E-state index contributed by atoms with van der Waals surface area (Å²) in [7, 11) is -0.326. The van der Waals surface area contributed by atoms with E-state index in [2.05, 4.69) is 44.7 Å². The van der Waals surface area contributed by atoms with Gasteiger partial charge in [-0.2, -0.15) is 0 Å². The van der Waals surface area contributed by atoms with Crippen LogP contribution < -0.4 is 10.4 Å². The third-order valence-electron chi connectivity index (χ3n) is 5.30. The molecule has 2 fully saturated rings. The summed E-state index contributed by atoms with van der Waals surface area (Å²) in [5, 5.41) is 0. The Labute approximate surface area is 134 Å². The minimum Gasteiger partial charge on any atom is -0.399 e. The fraction of sp³-hybridized carbons (Fsp3) is 0.706. The Kier molecular flexibility index (Phi) is 3.98. The number of pyridine rings is 1. The first-order chi connectivity index (χ1) is 10.3. The summed E-state index contributed by atoms with van der Waals surface area (Å²) in [6.07, 6.45) is 3.86. The fourth-order valence-corrected chi connectivity index (χ4v) is 3.08. The average Bonchev–Trinajstić information content (AvgIpc) is 2.68. The zero-order chi connectivity index (χ0) is 16.0. The van der Waals surface area contributed by atoms with Gasteiger partial charge in [-0.3, -0.25) is 0 Å². The molecule has 5 heteroatoms. The van der Waals surface area contributed by atoms with Crippen molar-refractivity contribution in [2.45, 2.75) is 65.1 Å². The smallest absolute Gasteiger partial charge is 0.399 e. The molecule has 3 heterocycles. The Morgan fingerprint density at radius 3 is 2.14 bits per heavy atom. The van der Waals surface area contributed by atoms with Crippen molar-refractivity contribution in [3.05, 3.63) is 17.8 Å². The third-order valence-corrected chi connectivity index (χ3v) is 5.30. The summed E-state index contributed by atoms with van der Waals surface area (Å²) in [5.41, 5.74) is 1.42. The van der Waals surface area contributed by atoms with Gasteiger partial charge in [0.05, 0.1) is 11.2 Å². The van der Waals surface area contributed by atoms with Crippen molar-refractivity contribution in [1.29, 1.82) is 0 Å². The molecule has 2 saturated heterocycles. The zero-order valence-corrected chi connectivity index (χ0v) is 14.5. The highest BCUT2D eigenvalue weighted by atomic mass is 16.7. The van der Waals surface area contributed by atoms with Crippen LogP contribution in [0.25, 0.3) is 0 Å². The van der Waals surface area contributed by atoms with Crippen molar-refractivity contribution < 1.29 is 9.31 Å². The molecular weight excluding hydrogens is 275 g/mol. The average molecular weight is 302 g/mol. The minimum atomic E-state index is -0.326. The van der Waals surface area contributed by atoms with Gasteiger partial charge in [0.15, 0.2) is 0 Å². The number of anilines is 1. The molecule has 0 bridgehead atoms. The maximum atomic E-state index is 6.14. The van der Waals surface area contributed by atoms with E-state index in [1.807, 2.05) is 6.92 Å². The zero-order valence-electron chi connectivity index (χ0n) is 14.5. The van der Waals surface area contributed by atoms with Gasteiger partial charge in [-0.1, -0.05) is 6.07 Å². The van der Waals surface area contributed by atoms with Gasteiger partial charge in [0.1, 0.15) is 5.82 Å². The highest BCUT2D eigenvalue weighted by Gasteiger charge is 2.52. The topological polar surface area (TPSA) is 34.6 Å². The molecule has 0 unspecified atom stereocenters. The van der Waals surface area contributed by atoms with Crippen LogP contribution >= 0.6 is 0 Å². The van der Waals surface area contributed by atoms with E-state index in [4.69, 9.17) is 14.3 Å². The van der Waals surface area contributed by atoms with Crippen LogP contribution in [0.1, 0.15) is 52.7 Å². The number of rotatable bonds is 2. The van der Waals surface area contributed by atoms with Crippen molar-refractivity contribution >= 4 is 18.4 Å². The van der Waals surface area contributed by atoms with E-state index in [1.165, 1.54) is 19.3 Å². The molecule has 0 atom stereocenters. The molecule has 0 aromatic carbocycles. The molecule has 2 aliphatic rings. The number of aryl methyl sites for hydroxylation is 1. The maximum absolute atomic E-state index is 6.14. The summed E-state index contributed by atoms with van der Waals surface area (Å²) >= 11 is 0. The van der Waals surface area contributed by atoms with E-state index < -0.39 is 0 Å². The lowest BCUT2D eigenvalue weighted by Gasteiger charge is -2.32. The molecular formula is C17H27BN2O2. The normalized spacial score (nSPS) is 23.9. The highest BCUT2D eigenvalue weighted by molar-refractivity contribution is 6.62. The highest BCUT2D eigenvalue weighted by Crippen LogP contribution is 2.36. The van der Waals surface area contributed by atoms with Crippen LogP contribution in [0.4, 0.5) is 5.82 Å². The second-order valence-electron chi connectivity index (χ2n) is 7.48. The largest absolute Gasteiger partial charge is 0.496 e. The number of nitrogens with zero attached hydrogens (tertiary/aromatic N) is 2. The summed E-state index contributed by atoms with van der Waals surface area (Å²) in [6.45, 7) is 12.6. The molecule has 1 aromatic rings. The fourth-order valence-electron chi connectivity index (χ4n) is 3.08. The van der Waals surface area contributed by atoms with E-state index in [1.54, 1.807) is 0 Å². The van der Waals surface area contributed by atoms with E-state index in [0.717, 1.165) is 30.1 Å². The number of aromatic nitrogens is 1. The monoisotopic (exact) mass is 302 g/mol. The molecule has 22 heavy (non-hydrogen) atoms. The van der Waals surface area contributed by atoms with Gasteiger partial charge >= 0.3 is 7.12 Å². The lowest BCUT2D eigenvalue weighted by Crippen LogP contribution is -2.41. The van der Waals surface area contributed by atoms with Crippen LogP contribution in [0, 0.1) is 6.92 Å². The van der Waals surface area contributed by atoms with E-state index in [9.17, 15) is 0 Å². The Balaban J connectivity index is 1.81. The van der Waals surface area contributed by atoms with Gasteiger partial charge in [-0.15, -0.1) is 0 Å². The molecule has 0 spiro atoms. The first-order valence-corrected chi connectivity index (χ1v) is 8.38. The van der Waals surface area contributed by atoms with E-state index in [-0.39, 0.29) is 18.3 Å². The van der Waals surface area contributed by atoms with Crippen LogP contribution in [0.5, 0.6) is 0 Å². The van der Waals surface area contributed by atoms with Crippen LogP contribution in [-0.4, -0.2) is 36.4 Å². The molecule has 0 radical (unpaired) electrons. The van der Waals surface area contributed by atoms with Crippen LogP contribution in [0.15, 0.2) is 12.1 Å². The second kappa shape index (κ2) is 5.53. The van der Waals surface area contributed by atoms with E-state index in [0.29, 0.717) is 0 Å². The van der Waals surface area contributed by atoms with Crippen LogP contribution in [-0.2, 0) is 9.31 Å². The van der Waals surface area contributed by atoms with Gasteiger partial charge in [0, 0.05) is 24.2 Å². The Hall–Kier alpha value is -1.07. The molecule has 4 nitrogen and oxygen atoms in total. The van der Waals surface area contributed by atoms with Crippen molar-refractivity contribution in [1.82, 2.24) is 4.98 Å². The molecule has 1 aromatic heterocycles. The Morgan fingerprint density at radius 1 is 1.00 bits per heavy atom. The molecule has 0 amide bonds. The van der Waals surface area contributed by atoms with Crippen molar-refractivity contribution in [2.24, 2.45) is 0 Å². The van der Waals surface area contributed by atoms with Crippen molar-refractivity contribution in [2.75, 3.05) is 18.0 Å². The standard InChI is InChI=1S/C17H27BN2O2/c1-13-14(18-21-16(2,3)17(4,5)22-18)9-10-15(19-13)20-11-7-6-8-12-20/h9-10H,6-8,11-12H2,1-5H3. The summed E-state index contributed by atoms with van der Waals surface area (Å²) in [6, 6.07) is 4.23. The molecule has 0 N–H and O–H groups in total. The maximum Gasteiger partial charge on any atom is 0.496 e. The Morgan fingerprint density at radius 2 is 1.59 bits per heavy atom. The quantitative estimate of drug-likeness (QED) is 0.787. The first kappa shape index (κ1) is 15.8. The molecule has 2 aliphatic heterocycles. The lowest BCUT2D eigenvalue weighted by atomic mass is 9.78. The van der Waals surface area contributed by atoms with Gasteiger partial charge < -0.3 is 14.2 Å². The van der Waals surface area contributed by atoms with E-state index >= 15 is 0 Å². The lowest BCUT2D eigenvalue weighted by molar-refractivity contribution is 0.00578. The van der Waals surface area contributed by atoms with Crippen molar-refractivity contribution in [3.8, 4) is 0 Å². The van der Waals surface area contributed by atoms with Gasteiger partial charge in [0.25, 0.3) is 0 Å². The van der Waals surface area contributed by atoms with Crippen molar-refractivity contribution in [3.63, 3.8) is 0 Å². The SMILES string of the molecule is Cc1nc(N2CCCCC2)ccc1B1OC(C)(C)C(C)(C)O1. The predicted octanol–water partition coefficient (Wildman–Crippen LogP) is 2.68.